The molecule has 0 unspecified atom stereocenters. The first-order valence-corrected chi connectivity index (χ1v) is 5.78. The Hall–Kier alpha value is -1.58. The molecule has 0 aromatic heterocycles. The van der Waals surface area contributed by atoms with Crippen LogP contribution in [0.5, 0.6) is 5.75 Å². The third-order valence-electron chi connectivity index (χ3n) is 2.37. The number of aliphatic carboxylic acids is 1. The monoisotopic (exact) mass is 240 g/mol. The van der Waals surface area contributed by atoms with Crippen molar-refractivity contribution in [1.82, 2.24) is 0 Å². The molecule has 0 bridgehead atoms. The van der Waals surface area contributed by atoms with Gasteiger partial charge in [-0.05, 0) is 37.1 Å². The van der Waals surface area contributed by atoms with Crippen LogP contribution in [0.1, 0.15) is 32.1 Å². The highest BCUT2D eigenvalue weighted by atomic mass is 19.1. The Balaban J connectivity index is 2.01. The first kappa shape index (κ1) is 13.5. The average Bonchev–Trinajstić information content (AvgIpc) is 2.30. The summed E-state index contributed by atoms with van der Waals surface area (Å²) in [6.07, 6.45) is 3.69. The van der Waals surface area contributed by atoms with Crippen molar-refractivity contribution in [2.45, 2.75) is 32.1 Å². The van der Waals surface area contributed by atoms with Crippen LogP contribution in [-0.4, -0.2) is 17.7 Å². The molecule has 0 fully saturated rings. The molecule has 1 aromatic carbocycles. The van der Waals surface area contributed by atoms with E-state index in [0.29, 0.717) is 18.8 Å². The zero-order chi connectivity index (χ0) is 12.5. The number of rotatable bonds is 8. The van der Waals surface area contributed by atoms with Crippen LogP contribution < -0.4 is 4.74 Å². The maximum absolute atomic E-state index is 12.6. The summed E-state index contributed by atoms with van der Waals surface area (Å²) in [7, 11) is 0. The van der Waals surface area contributed by atoms with Gasteiger partial charge in [0, 0.05) is 6.42 Å². The minimum absolute atomic E-state index is 0.235. The van der Waals surface area contributed by atoms with Gasteiger partial charge in [0.05, 0.1) is 6.61 Å². The second-order valence-electron chi connectivity index (χ2n) is 3.86. The SMILES string of the molecule is O=C(O)CCCCCCOc1ccc(F)cc1. The topological polar surface area (TPSA) is 46.5 Å². The lowest BCUT2D eigenvalue weighted by Gasteiger charge is -2.05. The number of carboxylic acids is 1. The number of hydrogen-bond donors (Lipinski definition) is 1. The van der Waals surface area contributed by atoms with E-state index in [1.54, 1.807) is 12.1 Å². The molecule has 17 heavy (non-hydrogen) atoms. The van der Waals surface area contributed by atoms with Gasteiger partial charge in [-0.15, -0.1) is 0 Å². The molecule has 0 amide bonds. The van der Waals surface area contributed by atoms with Crippen molar-refractivity contribution in [2.24, 2.45) is 0 Å². The number of carbonyl (C=O) groups is 1. The lowest BCUT2D eigenvalue weighted by atomic mass is 10.1. The fraction of sp³-hybridized carbons (Fsp3) is 0.462. The molecule has 1 rings (SSSR count). The Labute approximate surface area is 100 Å². The van der Waals surface area contributed by atoms with E-state index in [4.69, 9.17) is 9.84 Å². The van der Waals surface area contributed by atoms with Gasteiger partial charge in [-0.3, -0.25) is 4.79 Å². The third kappa shape index (κ3) is 6.56. The summed E-state index contributed by atoms with van der Waals surface area (Å²) >= 11 is 0. The van der Waals surface area contributed by atoms with Crippen LogP contribution in [0, 0.1) is 5.82 Å². The van der Waals surface area contributed by atoms with Crippen LogP contribution >= 0.6 is 0 Å². The normalized spacial score (nSPS) is 10.2. The predicted molar refractivity (Wildman–Crippen MR) is 62.6 cm³/mol. The van der Waals surface area contributed by atoms with Crippen molar-refractivity contribution in [3.8, 4) is 5.75 Å². The number of unbranched alkanes of at least 4 members (excludes halogenated alkanes) is 3. The Morgan fingerprint density at radius 3 is 2.41 bits per heavy atom. The Kier molecular flexibility index (Phi) is 6.07. The summed E-state index contributed by atoms with van der Waals surface area (Å²) < 4.78 is 18.0. The molecule has 94 valence electrons. The standard InChI is InChI=1S/C13H17FO3/c14-11-6-8-12(9-7-11)17-10-4-2-1-3-5-13(15)16/h6-9H,1-5,10H2,(H,15,16). The maximum atomic E-state index is 12.6. The Bertz CT molecular complexity index is 335. The van der Waals surface area contributed by atoms with Gasteiger partial charge in [-0.1, -0.05) is 12.8 Å². The van der Waals surface area contributed by atoms with E-state index >= 15 is 0 Å². The molecule has 0 aliphatic carbocycles. The van der Waals surface area contributed by atoms with Crippen LogP contribution in [0.2, 0.25) is 0 Å². The van der Waals surface area contributed by atoms with Crippen LogP contribution in [0.3, 0.4) is 0 Å². The second kappa shape index (κ2) is 7.65. The largest absolute Gasteiger partial charge is 0.494 e. The first-order chi connectivity index (χ1) is 8.18. The number of benzene rings is 1. The van der Waals surface area contributed by atoms with Crippen molar-refractivity contribution < 1.29 is 19.0 Å². The molecule has 0 aliphatic rings. The molecule has 0 heterocycles. The minimum atomic E-state index is -0.743. The molecule has 0 atom stereocenters. The molecule has 0 saturated heterocycles. The smallest absolute Gasteiger partial charge is 0.303 e. The fourth-order valence-electron chi connectivity index (χ4n) is 1.45. The first-order valence-electron chi connectivity index (χ1n) is 5.78. The van der Waals surface area contributed by atoms with E-state index in [9.17, 15) is 9.18 Å². The van der Waals surface area contributed by atoms with Crippen LogP contribution in [0.15, 0.2) is 24.3 Å². The van der Waals surface area contributed by atoms with E-state index in [1.165, 1.54) is 12.1 Å². The van der Waals surface area contributed by atoms with E-state index in [1.807, 2.05) is 0 Å². The summed E-state index contributed by atoms with van der Waals surface area (Å²) in [6.45, 7) is 0.582. The molecule has 1 N–H and O–H groups in total. The Morgan fingerprint density at radius 2 is 1.76 bits per heavy atom. The molecule has 0 saturated carbocycles. The van der Waals surface area contributed by atoms with E-state index in [2.05, 4.69) is 0 Å². The van der Waals surface area contributed by atoms with Gasteiger partial charge in [0.15, 0.2) is 0 Å². The van der Waals surface area contributed by atoms with Crippen LogP contribution in [0.25, 0.3) is 0 Å². The van der Waals surface area contributed by atoms with E-state index < -0.39 is 5.97 Å². The quantitative estimate of drug-likeness (QED) is 0.709. The van der Waals surface area contributed by atoms with Gasteiger partial charge in [-0.2, -0.15) is 0 Å². The number of halogens is 1. The fourth-order valence-corrected chi connectivity index (χ4v) is 1.45. The van der Waals surface area contributed by atoms with Gasteiger partial charge in [0.25, 0.3) is 0 Å². The van der Waals surface area contributed by atoms with Gasteiger partial charge in [-0.25, -0.2) is 4.39 Å². The second-order valence-corrected chi connectivity index (χ2v) is 3.86. The van der Waals surface area contributed by atoms with Gasteiger partial charge >= 0.3 is 5.97 Å². The highest BCUT2D eigenvalue weighted by molar-refractivity contribution is 5.66. The van der Waals surface area contributed by atoms with Crippen molar-refractivity contribution in [2.75, 3.05) is 6.61 Å². The van der Waals surface area contributed by atoms with Crippen LogP contribution in [-0.2, 0) is 4.79 Å². The molecular weight excluding hydrogens is 223 g/mol. The maximum Gasteiger partial charge on any atom is 0.303 e. The van der Waals surface area contributed by atoms with Crippen molar-refractivity contribution in [3.05, 3.63) is 30.1 Å². The van der Waals surface area contributed by atoms with Crippen molar-refractivity contribution in [3.63, 3.8) is 0 Å². The highest BCUT2D eigenvalue weighted by Crippen LogP contribution is 2.12. The molecule has 0 aliphatic heterocycles. The lowest BCUT2D eigenvalue weighted by Crippen LogP contribution is -1.98. The third-order valence-corrected chi connectivity index (χ3v) is 2.37. The summed E-state index contributed by atoms with van der Waals surface area (Å²) in [5.74, 6) is -0.351. The number of carboxylic acid groups (broad SMARTS) is 1. The average molecular weight is 240 g/mol. The number of hydrogen-bond acceptors (Lipinski definition) is 2. The lowest BCUT2D eigenvalue weighted by molar-refractivity contribution is -0.137. The van der Waals surface area contributed by atoms with Crippen molar-refractivity contribution in [1.29, 1.82) is 0 Å². The summed E-state index contributed by atoms with van der Waals surface area (Å²) in [4.78, 5) is 10.2. The van der Waals surface area contributed by atoms with Gasteiger partial charge < -0.3 is 9.84 Å². The van der Waals surface area contributed by atoms with Crippen molar-refractivity contribution >= 4 is 5.97 Å². The Morgan fingerprint density at radius 1 is 1.12 bits per heavy atom. The van der Waals surface area contributed by atoms with Gasteiger partial charge in [0.2, 0.25) is 0 Å². The molecule has 3 nitrogen and oxygen atoms in total. The molecule has 0 radical (unpaired) electrons. The molecular formula is C13H17FO3. The molecule has 4 heteroatoms. The summed E-state index contributed by atoms with van der Waals surface area (Å²) in [5, 5.41) is 8.43. The zero-order valence-corrected chi connectivity index (χ0v) is 9.69. The van der Waals surface area contributed by atoms with E-state index in [-0.39, 0.29) is 12.2 Å². The highest BCUT2D eigenvalue weighted by Gasteiger charge is 1.97. The van der Waals surface area contributed by atoms with Crippen LogP contribution in [0.4, 0.5) is 4.39 Å². The zero-order valence-electron chi connectivity index (χ0n) is 9.69. The summed E-state index contributed by atoms with van der Waals surface area (Å²) in [6, 6.07) is 5.92. The predicted octanol–water partition coefficient (Wildman–Crippen LogP) is 3.24. The minimum Gasteiger partial charge on any atom is -0.494 e. The molecule has 0 spiro atoms. The van der Waals surface area contributed by atoms with Gasteiger partial charge in [0.1, 0.15) is 11.6 Å². The summed E-state index contributed by atoms with van der Waals surface area (Å²) in [5.41, 5.74) is 0. The number of ether oxygens (including phenoxy) is 1. The van der Waals surface area contributed by atoms with E-state index in [0.717, 1.165) is 19.3 Å². The molecule has 1 aromatic rings.